The van der Waals surface area contributed by atoms with Crippen molar-refractivity contribution in [2.75, 3.05) is 16.6 Å². The van der Waals surface area contributed by atoms with E-state index in [-0.39, 0.29) is 10.6 Å². The molecule has 0 fully saturated rings. The third-order valence-electron chi connectivity index (χ3n) is 2.86. The van der Waals surface area contributed by atoms with E-state index in [1.807, 2.05) is 6.92 Å². The Hall–Kier alpha value is -2.08. The van der Waals surface area contributed by atoms with E-state index in [2.05, 4.69) is 10.0 Å². The van der Waals surface area contributed by atoms with Crippen molar-refractivity contribution < 1.29 is 12.8 Å². The van der Waals surface area contributed by atoms with Gasteiger partial charge in [-0.25, -0.2) is 12.8 Å². The van der Waals surface area contributed by atoms with Gasteiger partial charge in [-0.2, -0.15) is 0 Å². The predicted octanol–water partition coefficient (Wildman–Crippen LogP) is 3.45. The second kappa shape index (κ2) is 6.58. The molecule has 0 aliphatic heterocycles. The van der Waals surface area contributed by atoms with Crippen LogP contribution in [0.4, 0.5) is 15.8 Å². The molecule has 0 atom stereocenters. The zero-order valence-corrected chi connectivity index (χ0v) is 12.5. The molecule has 21 heavy (non-hydrogen) atoms. The zero-order chi connectivity index (χ0) is 15.3. The third-order valence-corrected chi connectivity index (χ3v) is 4.28. The molecule has 112 valence electrons. The molecule has 0 heterocycles. The molecule has 0 saturated carbocycles. The van der Waals surface area contributed by atoms with E-state index < -0.39 is 15.8 Å². The van der Waals surface area contributed by atoms with Gasteiger partial charge in [-0.05, 0) is 30.7 Å². The average Bonchev–Trinajstić information content (AvgIpc) is 2.47. The Morgan fingerprint density at radius 1 is 1.00 bits per heavy atom. The lowest BCUT2D eigenvalue weighted by Gasteiger charge is -2.13. The molecule has 0 aliphatic carbocycles. The van der Waals surface area contributed by atoms with Gasteiger partial charge in [0, 0.05) is 6.54 Å². The molecule has 4 nitrogen and oxygen atoms in total. The first-order valence-electron chi connectivity index (χ1n) is 6.65. The van der Waals surface area contributed by atoms with Crippen LogP contribution in [-0.4, -0.2) is 15.0 Å². The number of anilines is 2. The van der Waals surface area contributed by atoms with E-state index in [1.165, 1.54) is 24.3 Å². The summed E-state index contributed by atoms with van der Waals surface area (Å²) in [6.07, 6.45) is 0.870. The van der Waals surface area contributed by atoms with Crippen molar-refractivity contribution in [2.45, 2.75) is 18.2 Å². The van der Waals surface area contributed by atoms with Crippen molar-refractivity contribution >= 4 is 21.4 Å². The summed E-state index contributed by atoms with van der Waals surface area (Å²) < 4.78 is 40.7. The highest BCUT2D eigenvalue weighted by atomic mass is 32.2. The molecule has 0 bridgehead atoms. The summed E-state index contributed by atoms with van der Waals surface area (Å²) in [6.45, 7) is 2.65. The van der Waals surface area contributed by atoms with Crippen LogP contribution in [0.5, 0.6) is 0 Å². The lowest BCUT2D eigenvalue weighted by atomic mass is 10.3. The average molecular weight is 308 g/mol. The fourth-order valence-corrected chi connectivity index (χ4v) is 3.10. The molecule has 2 aromatic carbocycles. The van der Waals surface area contributed by atoms with Gasteiger partial charge >= 0.3 is 0 Å². The van der Waals surface area contributed by atoms with E-state index in [9.17, 15) is 12.8 Å². The van der Waals surface area contributed by atoms with Crippen molar-refractivity contribution in [2.24, 2.45) is 0 Å². The number of hydrogen-bond donors (Lipinski definition) is 2. The van der Waals surface area contributed by atoms with Crippen LogP contribution in [-0.2, 0) is 10.0 Å². The molecule has 0 unspecified atom stereocenters. The van der Waals surface area contributed by atoms with E-state index in [4.69, 9.17) is 0 Å². The van der Waals surface area contributed by atoms with Crippen molar-refractivity contribution in [1.29, 1.82) is 0 Å². The molecule has 0 aromatic heterocycles. The molecule has 0 saturated heterocycles. The number of benzene rings is 2. The minimum absolute atomic E-state index is 0.0669. The first kappa shape index (κ1) is 15.3. The summed E-state index contributed by atoms with van der Waals surface area (Å²) in [4.78, 5) is 0.0988. The van der Waals surface area contributed by atoms with Gasteiger partial charge in [0.15, 0.2) is 0 Å². The molecule has 2 rings (SSSR count). The molecular formula is C15H17FN2O2S. The molecule has 0 spiro atoms. The Labute approximate surface area is 124 Å². The van der Waals surface area contributed by atoms with E-state index in [0.717, 1.165) is 6.42 Å². The van der Waals surface area contributed by atoms with Crippen LogP contribution in [0.1, 0.15) is 13.3 Å². The number of sulfonamides is 1. The van der Waals surface area contributed by atoms with Crippen molar-refractivity contribution in [3.8, 4) is 0 Å². The quantitative estimate of drug-likeness (QED) is 0.859. The van der Waals surface area contributed by atoms with Crippen molar-refractivity contribution in [3.63, 3.8) is 0 Å². The lowest BCUT2D eigenvalue weighted by molar-refractivity contribution is 0.598. The van der Waals surface area contributed by atoms with Crippen LogP contribution in [0.15, 0.2) is 53.4 Å². The van der Waals surface area contributed by atoms with Crippen LogP contribution in [0.25, 0.3) is 0 Å². The predicted molar refractivity (Wildman–Crippen MR) is 82.4 cm³/mol. The zero-order valence-electron chi connectivity index (χ0n) is 11.6. The SMILES string of the molecule is CCCNc1ccccc1S(=O)(=O)Nc1ccccc1F. The largest absolute Gasteiger partial charge is 0.384 e. The minimum atomic E-state index is -3.85. The lowest BCUT2D eigenvalue weighted by Crippen LogP contribution is -2.16. The van der Waals surface area contributed by atoms with E-state index in [0.29, 0.717) is 12.2 Å². The summed E-state index contributed by atoms with van der Waals surface area (Å²) in [6, 6.07) is 12.2. The van der Waals surface area contributed by atoms with Crippen LogP contribution in [0.3, 0.4) is 0 Å². The Morgan fingerprint density at radius 3 is 2.29 bits per heavy atom. The smallest absolute Gasteiger partial charge is 0.264 e. The molecule has 6 heteroatoms. The standard InChI is InChI=1S/C15H17FN2O2S/c1-2-11-17-14-9-5-6-10-15(14)21(19,20)18-13-8-4-3-7-12(13)16/h3-10,17-18H,2,11H2,1H3. The van der Waals surface area contributed by atoms with Crippen molar-refractivity contribution in [3.05, 3.63) is 54.3 Å². The highest BCUT2D eigenvalue weighted by Crippen LogP contribution is 2.24. The first-order chi connectivity index (χ1) is 10.0. The number of hydrogen-bond acceptors (Lipinski definition) is 3. The number of para-hydroxylation sites is 2. The van der Waals surface area contributed by atoms with E-state index in [1.54, 1.807) is 24.3 Å². The van der Waals surface area contributed by atoms with Crippen molar-refractivity contribution in [1.82, 2.24) is 0 Å². The van der Waals surface area contributed by atoms with E-state index >= 15 is 0 Å². The van der Waals surface area contributed by atoms with Gasteiger partial charge in [0.25, 0.3) is 10.0 Å². The molecule has 0 amide bonds. The van der Waals surface area contributed by atoms with Gasteiger partial charge in [-0.3, -0.25) is 4.72 Å². The van der Waals surface area contributed by atoms with Gasteiger partial charge in [-0.15, -0.1) is 0 Å². The summed E-state index contributed by atoms with van der Waals surface area (Å²) in [7, 11) is -3.85. The highest BCUT2D eigenvalue weighted by Gasteiger charge is 2.19. The van der Waals surface area contributed by atoms with Crippen LogP contribution >= 0.6 is 0 Å². The summed E-state index contributed by atoms with van der Waals surface area (Å²) in [5.74, 6) is -0.611. The van der Waals surface area contributed by atoms with Crippen LogP contribution in [0.2, 0.25) is 0 Å². The molecule has 2 aromatic rings. The van der Waals surface area contributed by atoms with Gasteiger partial charge in [0.2, 0.25) is 0 Å². The van der Waals surface area contributed by atoms with Gasteiger partial charge in [0.05, 0.1) is 11.4 Å². The van der Waals surface area contributed by atoms with Gasteiger partial charge in [0.1, 0.15) is 10.7 Å². The topological polar surface area (TPSA) is 58.2 Å². The Kier molecular flexibility index (Phi) is 4.80. The molecule has 0 aliphatic rings. The van der Waals surface area contributed by atoms with Gasteiger partial charge in [-0.1, -0.05) is 31.2 Å². The van der Waals surface area contributed by atoms with Gasteiger partial charge < -0.3 is 5.32 Å². The monoisotopic (exact) mass is 308 g/mol. The number of nitrogens with one attached hydrogen (secondary N) is 2. The molecule has 2 N–H and O–H groups in total. The first-order valence-corrected chi connectivity index (χ1v) is 8.13. The maximum absolute atomic E-state index is 13.6. The number of halogens is 1. The fraction of sp³-hybridized carbons (Fsp3) is 0.200. The molecular weight excluding hydrogens is 291 g/mol. The summed E-state index contributed by atoms with van der Waals surface area (Å²) in [5.41, 5.74) is 0.436. The number of rotatable bonds is 6. The van der Waals surface area contributed by atoms with Crippen LogP contribution in [0, 0.1) is 5.82 Å². The van der Waals surface area contributed by atoms with Crippen LogP contribution < -0.4 is 10.0 Å². The highest BCUT2D eigenvalue weighted by molar-refractivity contribution is 7.92. The second-order valence-electron chi connectivity index (χ2n) is 4.51. The third kappa shape index (κ3) is 3.72. The Balaban J connectivity index is 2.34. The normalized spacial score (nSPS) is 11.1. The molecule has 0 radical (unpaired) electrons. The Morgan fingerprint density at radius 2 is 1.62 bits per heavy atom. The second-order valence-corrected chi connectivity index (χ2v) is 6.16. The fourth-order valence-electron chi connectivity index (χ4n) is 1.85. The summed E-state index contributed by atoms with van der Waals surface area (Å²) in [5, 5.41) is 3.06. The maximum Gasteiger partial charge on any atom is 0.264 e. The Bertz CT molecular complexity index is 717. The maximum atomic E-state index is 13.6. The minimum Gasteiger partial charge on any atom is -0.384 e. The summed E-state index contributed by atoms with van der Waals surface area (Å²) >= 11 is 0.